The summed E-state index contributed by atoms with van der Waals surface area (Å²) in [5.41, 5.74) is 2.44. The maximum absolute atomic E-state index is 11.6. The van der Waals surface area contributed by atoms with Gasteiger partial charge in [0.05, 0.1) is 12.7 Å². The largest absolute Gasteiger partial charge is 0.465 e. The molecule has 0 amide bonds. The van der Waals surface area contributed by atoms with Gasteiger partial charge in [-0.15, -0.1) is 0 Å². The third-order valence-corrected chi connectivity index (χ3v) is 2.68. The van der Waals surface area contributed by atoms with E-state index < -0.39 is 0 Å². The van der Waals surface area contributed by atoms with Gasteiger partial charge in [-0.05, 0) is 38.5 Å². The lowest BCUT2D eigenvalue weighted by Crippen LogP contribution is -2.13. The first kappa shape index (κ1) is 13.0. The van der Waals surface area contributed by atoms with Crippen molar-refractivity contribution < 1.29 is 9.53 Å². The molecule has 0 aliphatic carbocycles. The minimum absolute atomic E-state index is 0.314. The lowest BCUT2D eigenvalue weighted by molar-refractivity contribution is 0.0600. The van der Waals surface area contributed by atoms with Crippen LogP contribution in [0.2, 0.25) is 0 Å². The van der Waals surface area contributed by atoms with E-state index in [0.717, 1.165) is 15.7 Å². The van der Waals surface area contributed by atoms with Crippen LogP contribution in [-0.2, 0) is 4.74 Å². The quantitative estimate of drug-likeness (QED) is 0.866. The maximum Gasteiger partial charge on any atom is 0.338 e. The van der Waals surface area contributed by atoms with Crippen LogP contribution in [0.4, 0.5) is 5.69 Å². The average molecular weight is 286 g/mol. The number of anilines is 1. The number of carbonyl (C=O) groups excluding carboxylic acids is 1. The second-order valence-electron chi connectivity index (χ2n) is 3.92. The fourth-order valence-electron chi connectivity index (χ4n) is 1.46. The standard InChI is InChI=1S/C12H16BrNO2/c1-7(2)14-11-6-9(13)5-10(8(11)3)12(15)16-4/h5-7,14H,1-4H3. The van der Waals surface area contributed by atoms with Crippen molar-refractivity contribution in [2.45, 2.75) is 26.8 Å². The highest BCUT2D eigenvalue weighted by molar-refractivity contribution is 9.10. The van der Waals surface area contributed by atoms with Crippen molar-refractivity contribution in [3.63, 3.8) is 0 Å². The van der Waals surface area contributed by atoms with Gasteiger partial charge in [-0.2, -0.15) is 0 Å². The predicted octanol–water partition coefficient (Wildman–Crippen LogP) is 3.36. The molecule has 0 bridgehead atoms. The molecule has 4 heteroatoms. The maximum atomic E-state index is 11.6. The molecular weight excluding hydrogens is 270 g/mol. The number of esters is 1. The highest BCUT2D eigenvalue weighted by Gasteiger charge is 2.13. The molecule has 16 heavy (non-hydrogen) atoms. The molecule has 0 aromatic heterocycles. The summed E-state index contributed by atoms with van der Waals surface area (Å²) in [6, 6.07) is 4.05. The Hall–Kier alpha value is -1.03. The van der Waals surface area contributed by atoms with E-state index in [1.807, 2.05) is 13.0 Å². The Labute approximate surface area is 104 Å². The van der Waals surface area contributed by atoms with Crippen molar-refractivity contribution in [1.29, 1.82) is 0 Å². The van der Waals surface area contributed by atoms with Gasteiger partial charge >= 0.3 is 5.97 Å². The minimum Gasteiger partial charge on any atom is -0.465 e. The molecule has 0 aliphatic heterocycles. The number of halogens is 1. The van der Waals surface area contributed by atoms with Gasteiger partial charge in [-0.25, -0.2) is 4.79 Å². The lowest BCUT2D eigenvalue weighted by atomic mass is 10.1. The summed E-state index contributed by atoms with van der Waals surface area (Å²) in [4.78, 5) is 11.6. The van der Waals surface area contributed by atoms with Crippen LogP contribution in [0, 0.1) is 6.92 Å². The minimum atomic E-state index is -0.314. The first-order valence-electron chi connectivity index (χ1n) is 5.10. The van der Waals surface area contributed by atoms with Crippen molar-refractivity contribution in [3.8, 4) is 0 Å². The first-order chi connectivity index (χ1) is 7.45. The van der Waals surface area contributed by atoms with Gasteiger partial charge in [0.15, 0.2) is 0 Å². The van der Waals surface area contributed by atoms with E-state index in [1.54, 1.807) is 6.07 Å². The van der Waals surface area contributed by atoms with E-state index in [4.69, 9.17) is 4.74 Å². The fourth-order valence-corrected chi connectivity index (χ4v) is 1.92. The van der Waals surface area contributed by atoms with E-state index in [9.17, 15) is 4.79 Å². The van der Waals surface area contributed by atoms with Crippen LogP contribution in [-0.4, -0.2) is 19.1 Å². The SMILES string of the molecule is COC(=O)c1cc(Br)cc(NC(C)C)c1C. The zero-order chi connectivity index (χ0) is 12.3. The van der Waals surface area contributed by atoms with Gasteiger partial charge in [0.25, 0.3) is 0 Å². The molecule has 0 aliphatic rings. The van der Waals surface area contributed by atoms with E-state index in [2.05, 4.69) is 35.1 Å². The molecule has 88 valence electrons. The third-order valence-electron chi connectivity index (χ3n) is 2.22. The Balaban J connectivity index is 3.20. The molecule has 0 heterocycles. The molecule has 0 radical (unpaired) electrons. The zero-order valence-electron chi connectivity index (χ0n) is 9.93. The van der Waals surface area contributed by atoms with E-state index in [1.165, 1.54) is 7.11 Å². The van der Waals surface area contributed by atoms with Crippen LogP contribution in [0.15, 0.2) is 16.6 Å². The van der Waals surface area contributed by atoms with Crippen molar-refractivity contribution in [1.82, 2.24) is 0 Å². The topological polar surface area (TPSA) is 38.3 Å². The summed E-state index contributed by atoms with van der Waals surface area (Å²) in [6.45, 7) is 6.01. The number of hydrogen-bond donors (Lipinski definition) is 1. The highest BCUT2D eigenvalue weighted by Crippen LogP contribution is 2.26. The van der Waals surface area contributed by atoms with Crippen LogP contribution in [0.25, 0.3) is 0 Å². The Bertz CT molecular complexity index is 402. The number of carbonyl (C=O) groups is 1. The number of hydrogen-bond acceptors (Lipinski definition) is 3. The smallest absolute Gasteiger partial charge is 0.338 e. The predicted molar refractivity (Wildman–Crippen MR) is 69.0 cm³/mol. The number of methoxy groups -OCH3 is 1. The van der Waals surface area contributed by atoms with Gasteiger partial charge in [-0.1, -0.05) is 15.9 Å². The first-order valence-corrected chi connectivity index (χ1v) is 5.90. The molecule has 1 aromatic rings. The van der Waals surface area contributed by atoms with E-state index >= 15 is 0 Å². The summed E-state index contributed by atoms with van der Waals surface area (Å²) in [5.74, 6) is -0.314. The average Bonchev–Trinajstić information content (AvgIpc) is 2.21. The molecule has 0 atom stereocenters. The molecule has 3 nitrogen and oxygen atoms in total. The zero-order valence-corrected chi connectivity index (χ0v) is 11.5. The molecule has 1 aromatic carbocycles. The summed E-state index contributed by atoms with van der Waals surface area (Å²) in [5, 5.41) is 3.30. The molecule has 0 spiro atoms. The Morgan fingerprint density at radius 1 is 1.44 bits per heavy atom. The van der Waals surface area contributed by atoms with Crippen LogP contribution in [0.3, 0.4) is 0 Å². The molecule has 0 unspecified atom stereocenters. The molecule has 0 fully saturated rings. The van der Waals surface area contributed by atoms with Gasteiger partial charge in [0, 0.05) is 16.2 Å². The lowest BCUT2D eigenvalue weighted by Gasteiger charge is -2.15. The van der Waals surface area contributed by atoms with Crippen molar-refractivity contribution in [2.24, 2.45) is 0 Å². The number of benzene rings is 1. The van der Waals surface area contributed by atoms with Crippen LogP contribution in [0.1, 0.15) is 29.8 Å². The van der Waals surface area contributed by atoms with Crippen molar-refractivity contribution in [3.05, 3.63) is 27.7 Å². The fraction of sp³-hybridized carbons (Fsp3) is 0.417. The second-order valence-corrected chi connectivity index (χ2v) is 4.83. The van der Waals surface area contributed by atoms with Crippen LogP contribution < -0.4 is 5.32 Å². The van der Waals surface area contributed by atoms with Gasteiger partial charge < -0.3 is 10.1 Å². The molecule has 0 saturated heterocycles. The second kappa shape index (κ2) is 5.34. The van der Waals surface area contributed by atoms with Crippen molar-refractivity contribution >= 4 is 27.6 Å². The normalized spacial score (nSPS) is 10.4. The number of ether oxygens (including phenoxy) is 1. The van der Waals surface area contributed by atoms with Gasteiger partial charge in [0.1, 0.15) is 0 Å². The highest BCUT2D eigenvalue weighted by atomic mass is 79.9. The van der Waals surface area contributed by atoms with Crippen LogP contribution >= 0.6 is 15.9 Å². The third kappa shape index (κ3) is 2.98. The molecule has 1 rings (SSSR count). The summed E-state index contributed by atoms with van der Waals surface area (Å²) >= 11 is 3.39. The molecule has 0 saturated carbocycles. The Morgan fingerprint density at radius 3 is 2.56 bits per heavy atom. The van der Waals surface area contributed by atoms with Crippen LogP contribution in [0.5, 0.6) is 0 Å². The molecule has 1 N–H and O–H groups in total. The monoisotopic (exact) mass is 285 g/mol. The van der Waals surface area contributed by atoms with E-state index in [-0.39, 0.29) is 5.97 Å². The molecular formula is C12H16BrNO2. The Morgan fingerprint density at radius 2 is 2.06 bits per heavy atom. The van der Waals surface area contributed by atoms with Gasteiger partial charge in [0.2, 0.25) is 0 Å². The summed E-state index contributed by atoms with van der Waals surface area (Å²) in [7, 11) is 1.39. The van der Waals surface area contributed by atoms with E-state index in [0.29, 0.717) is 11.6 Å². The summed E-state index contributed by atoms with van der Waals surface area (Å²) < 4.78 is 5.61. The number of nitrogens with one attached hydrogen (secondary N) is 1. The summed E-state index contributed by atoms with van der Waals surface area (Å²) in [6.07, 6.45) is 0. The number of rotatable bonds is 3. The van der Waals surface area contributed by atoms with Gasteiger partial charge in [-0.3, -0.25) is 0 Å². The Kier molecular flexibility index (Phi) is 4.35. The van der Waals surface area contributed by atoms with Crippen molar-refractivity contribution in [2.75, 3.05) is 12.4 Å².